The molecule has 0 amide bonds. The Morgan fingerprint density at radius 3 is 2.88 bits per heavy atom. The van der Waals surface area contributed by atoms with Gasteiger partial charge in [0.25, 0.3) is 0 Å². The molecule has 3 nitrogen and oxygen atoms in total. The maximum Gasteiger partial charge on any atom is 0.0931 e. The van der Waals surface area contributed by atoms with E-state index in [9.17, 15) is 5.11 Å². The molecule has 1 fully saturated rings. The number of aliphatic hydroxyl groups is 1. The fraction of sp³-hybridized carbons (Fsp3) is 0.615. The van der Waals surface area contributed by atoms with Gasteiger partial charge in [-0.3, -0.25) is 4.98 Å². The zero-order valence-corrected chi connectivity index (χ0v) is 10.1. The molecule has 1 aromatic heterocycles. The molecule has 0 radical (unpaired) electrons. The van der Waals surface area contributed by atoms with E-state index in [1.807, 2.05) is 12.3 Å². The van der Waals surface area contributed by atoms with E-state index in [0.29, 0.717) is 0 Å². The van der Waals surface area contributed by atoms with Crippen molar-refractivity contribution in [3.63, 3.8) is 0 Å². The first-order chi connectivity index (χ1) is 7.66. The smallest absolute Gasteiger partial charge is 0.0931 e. The number of piperidine rings is 1. The number of aromatic nitrogens is 1. The highest BCUT2D eigenvalue weighted by atomic mass is 16.3. The number of rotatable bonds is 2. The van der Waals surface area contributed by atoms with Crippen molar-refractivity contribution in [3.8, 4) is 0 Å². The average molecular weight is 220 g/mol. The van der Waals surface area contributed by atoms with Crippen LogP contribution in [0.3, 0.4) is 0 Å². The Hall–Kier alpha value is -1.09. The van der Waals surface area contributed by atoms with Gasteiger partial charge in [-0.15, -0.1) is 0 Å². The molecule has 0 bridgehead atoms. The molecule has 0 spiro atoms. The van der Waals surface area contributed by atoms with Crippen LogP contribution in [0.2, 0.25) is 0 Å². The standard InChI is InChI=1S/C13H20N2O/c1-10-4-3-7-15(9-10)12-5-6-13(11(2)16)14-8-12/h5-6,8,10-11,16H,3-4,7,9H2,1-2H3/t10?,11-/m1/s1. The fourth-order valence-electron chi connectivity index (χ4n) is 2.26. The Labute approximate surface area is 97.1 Å². The molecule has 0 aliphatic carbocycles. The third-order valence-corrected chi connectivity index (χ3v) is 3.22. The monoisotopic (exact) mass is 220 g/mol. The highest BCUT2D eigenvalue weighted by molar-refractivity contribution is 5.45. The predicted octanol–water partition coefficient (Wildman–Crippen LogP) is 2.37. The Kier molecular flexibility index (Phi) is 3.44. The summed E-state index contributed by atoms with van der Waals surface area (Å²) in [6.45, 7) is 6.28. The van der Waals surface area contributed by atoms with Crippen LogP contribution in [-0.2, 0) is 0 Å². The highest BCUT2D eigenvalue weighted by Crippen LogP contribution is 2.23. The highest BCUT2D eigenvalue weighted by Gasteiger charge is 2.16. The summed E-state index contributed by atoms with van der Waals surface area (Å²) in [6.07, 6.45) is 3.99. The van der Waals surface area contributed by atoms with Crippen molar-refractivity contribution in [1.29, 1.82) is 0 Å². The molecule has 2 rings (SSSR count). The molecule has 1 unspecified atom stereocenters. The van der Waals surface area contributed by atoms with E-state index >= 15 is 0 Å². The van der Waals surface area contributed by atoms with Crippen LogP contribution < -0.4 is 4.90 Å². The summed E-state index contributed by atoms with van der Waals surface area (Å²) in [5, 5.41) is 9.39. The Bertz CT molecular complexity index is 334. The molecule has 1 aliphatic rings. The van der Waals surface area contributed by atoms with E-state index in [1.165, 1.54) is 18.5 Å². The molecule has 3 heteroatoms. The van der Waals surface area contributed by atoms with Crippen LogP contribution in [0.15, 0.2) is 18.3 Å². The summed E-state index contributed by atoms with van der Waals surface area (Å²) in [4.78, 5) is 6.67. The number of hydrogen-bond donors (Lipinski definition) is 1. The van der Waals surface area contributed by atoms with E-state index in [1.54, 1.807) is 6.92 Å². The third-order valence-electron chi connectivity index (χ3n) is 3.22. The van der Waals surface area contributed by atoms with Crippen LogP contribution in [0.4, 0.5) is 5.69 Å². The molecule has 1 saturated heterocycles. The minimum absolute atomic E-state index is 0.477. The quantitative estimate of drug-likeness (QED) is 0.831. The average Bonchev–Trinajstić information content (AvgIpc) is 2.29. The summed E-state index contributed by atoms with van der Waals surface area (Å²) in [6, 6.07) is 3.98. The van der Waals surface area contributed by atoms with E-state index in [0.717, 1.165) is 24.7 Å². The van der Waals surface area contributed by atoms with Crippen molar-refractivity contribution < 1.29 is 5.11 Å². The predicted molar refractivity (Wildman–Crippen MR) is 65.5 cm³/mol. The first-order valence-electron chi connectivity index (χ1n) is 6.06. The molecule has 0 saturated carbocycles. The van der Waals surface area contributed by atoms with Crippen LogP contribution in [-0.4, -0.2) is 23.2 Å². The van der Waals surface area contributed by atoms with Gasteiger partial charge in [-0.1, -0.05) is 6.92 Å². The van der Waals surface area contributed by atoms with Crippen LogP contribution in [0.25, 0.3) is 0 Å². The van der Waals surface area contributed by atoms with Gasteiger partial charge in [-0.2, -0.15) is 0 Å². The lowest BCUT2D eigenvalue weighted by molar-refractivity contribution is 0.194. The Morgan fingerprint density at radius 2 is 2.31 bits per heavy atom. The maximum atomic E-state index is 9.39. The fourth-order valence-corrected chi connectivity index (χ4v) is 2.26. The molecular formula is C13H20N2O. The first-order valence-corrected chi connectivity index (χ1v) is 6.06. The van der Waals surface area contributed by atoms with Crippen molar-refractivity contribution in [2.24, 2.45) is 5.92 Å². The lowest BCUT2D eigenvalue weighted by Gasteiger charge is -2.32. The lowest BCUT2D eigenvalue weighted by Crippen LogP contribution is -2.34. The number of aliphatic hydroxyl groups excluding tert-OH is 1. The van der Waals surface area contributed by atoms with Crippen LogP contribution in [0.5, 0.6) is 0 Å². The Morgan fingerprint density at radius 1 is 1.50 bits per heavy atom. The molecule has 1 N–H and O–H groups in total. The molecule has 16 heavy (non-hydrogen) atoms. The van der Waals surface area contributed by atoms with E-state index < -0.39 is 6.10 Å². The number of anilines is 1. The van der Waals surface area contributed by atoms with Crippen LogP contribution in [0.1, 0.15) is 38.5 Å². The zero-order chi connectivity index (χ0) is 11.5. The van der Waals surface area contributed by atoms with Gasteiger partial charge >= 0.3 is 0 Å². The summed E-state index contributed by atoms with van der Waals surface area (Å²) < 4.78 is 0. The van der Waals surface area contributed by atoms with Crippen molar-refractivity contribution >= 4 is 5.69 Å². The normalized spacial score (nSPS) is 23.2. The lowest BCUT2D eigenvalue weighted by atomic mass is 10.00. The summed E-state index contributed by atoms with van der Waals surface area (Å²) in [5.74, 6) is 0.769. The summed E-state index contributed by atoms with van der Waals surface area (Å²) in [5.41, 5.74) is 1.92. The Balaban J connectivity index is 2.09. The van der Waals surface area contributed by atoms with Gasteiger partial charge in [-0.25, -0.2) is 0 Å². The molecule has 88 valence electrons. The topological polar surface area (TPSA) is 36.4 Å². The van der Waals surface area contributed by atoms with E-state index in [2.05, 4.69) is 22.9 Å². The summed E-state index contributed by atoms with van der Waals surface area (Å²) in [7, 11) is 0. The minimum atomic E-state index is -0.477. The third kappa shape index (κ3) is 2.53. The molecule has 2 heterocycles. The van der Waals surface area contributed by atoms with Gasteiger partial charge in [0.05, 0.1) is 23.7 Å². The first kappa shape index (κ1) is 11.4. The minimum Gasteiger partial charge on any atom is -0.387 e. The molecule has 1 aromatic rings. The van der Waals surface area contributed by atoms with Crippen molar-refractivity contribution in [1.82, 2.24) is 4.98 Å². The van der Waals surface area contributed by atoms with Gasteiger partial charge in [0.2, 0.25) is 0 Å². The second-order valence-corrected chi connectivity index (χ2v) is 4.81. The van der Waals surface area contributed by atoms with Gasteiger partial charge in [0, 0.05) is 13.1 Å². The van der Waals surface area contributed by atoms with Gasteiger partial charge in [0.15, 0.2) is 0 Å². The van der Waals surface area contributed by atoms with Gasteiger partial charge in [-0.05, 0) is 37.8 Å². The molecule has 2 atom stereocenters. The van der Waals surface area contributed by atoms with Crippen molar-refractivity contribution in [2.45, 2.75) is 32.8 Å². The second-order valence-electron chi connectivity index (χ2n) is 4.81. The van der Waals surface area contributed by atoms with Gasteiger partial charge < -0.3 is 10.0 Å². The second kappa shape index (κ2) is 4.83. The zero-order valence-electron chi connectivity index (χ0n) is 10.1. The van der Waals surface area contributed by atoms with Gasteiger partial charge in [0.1, 0.15) is 0 Å². The number of pyridine rings is 1. The van der Waals surface area contributed by atoms with Crippen molar-refractivity contribution in [3.05, 3.63) is 24.0 Å². The molecular weight excluding hydrogens is 200 g/mol. The maximum absolute atomic E-state index is 9.39. The summed E-state index contributed by atoms with van der Waals surface area (Å²) >= 11 is 0. The van der Waals surface area contributed by atoms with Crippen molar-refractivity contribution in [2.75, 3.05) is 18.0 Å². The van der Waals surface area contributed by atoms with E-state index in [4.69, 9.17) is 0 Å². The SMILES string of the molecule is CC1CCCN(c2ccc([C@@H](C)O)nc2)C1. The van der Waals surface area contributed by atoms with Crippen LogP contribution >= 0.6 is 0 Å². The number of nitrogens with zero attached hydrogens (tertiary/aromatic N) is 2. The van der Waals surface area contributed by atoms with E-state index in [-0.39, 0.29) is 0 Å². The molecule has 1 aliphatic heterocycles. The van der Waals surface area contributed by atoms with Crippen LogP contribution in [0, 0.1) is 5.92 Å². The number of hydrogen-bond acceptors (Lipinski definition) is 3. The largest absolute Gasteiger partial charge is 0.387 e. The molecule has 0 aromatic carbocycles.